The molecule has 108 valence electrons. The summed E-state index contributed by atoms with van der Waals surface area (Å²) in [4.78, 5) is 27.8. The summed E-state index contributed by atoms with van der Waals surface area (Å²) in [6, 6.07) is 7.54. The minimum atomic E-state index is -0.166. The average molecular weight is 296 g/mol. The molecule has 0 unspecified atom stereocenters. The van der Waals surface area contributed by atoms with Crippen molar-refractivity contribution in [3.05, 3.63) is 35.4 Å². The molecule has 0 atom stereocenters. The second-order valence-corrected chi connectivity index (χ2v) is 5.10. The predicted octanol–water partition coefficient (Wildman–Crippen LogP) is 0.608. The van der Waals surface area contributed by atoms with Crippen molar-refractivity contribution in [3.8, 4) is 0 Å². The van der Waals surface area contributed by atoms with Gasteiger partial charge in [-0.25, -0.2) is 0 Å². The summed E-state index contributed by atoms with van der Waals surface area (Å²) < 4.78 is 0. The number of hydrogen-bond donors (Lipinski definition) is 1. The number of benzene rings is 1. The molecule has 1 N–H and O–H groups in total. The van der Waals surface area contributed by atoms with Gasteiger partial charge in [0.25, 0.3) is 11.8 Å². The van der Waals surface area contributed by atoms with Gasteiger partial charge in [-0.2, -0.15) is 0 Å². The van der Waals surface area contributed by atoms with Crippen LogP contribution in [0.3, 0.4) is 0 Å². The number of likely N-dealkylation sites (N-methyl/N-ethyl adjacent to an activating group) is 1. The Hall–Kier alpha value is -1.43. The summed E-state index contributed by atoms with van der Waals surface area (Å²) in [5, 5.41) is 3.21. The van der Waals surface area contributed by atoms with Crippen molar-refractivity contribution >= 4 is 24.2 Å². The molecule has 2 aliphatic rings. The Balaban J connectivity index is 0.00000147. The molecule has 1 aromatic rings. The molecular formula is C14H18ClN3O2. The van der Waals surface area contributed by atoms with E-state index in [-0.39, 0.29) is 24.2 Å². The van der Waals surface area contributed by atoms with E-state index >= 15 is 0 Å². The molecular weight excluding hydrogens is 278 g/mol. The predicted molar refractivity (Wildman–Crippen MR) is 78.3 cm³/mol. The molecule has 0 aliphatic carbocycles. The third-order valence-electron chi connectivity index (χ3n) is 3.94. The SMILES string of the molecule is CN(CCN1C(=O)c2ccccc2C1=O)C1CNC1.Cl. The summed E-state index contributed by atoms with van der Waals surface area (Å²) in [5.74, 6) is -0.332. The summed E-state index contributed by atoms with van der Waals surface area (Å²) in [6.07, 6.45) is 0. The van der Waals surface area contributed by atoms with E-state index in [9.17, 15) is 9.59 Å². The first-order chi connectivity index (χ1) is 9.18. The second-order valence-electron chi connectivity index (χ2n) is 5.10. The highest BCUT2D eigenvalue weighted by Crippen LogP contribution is 2.22. The van der Waals surface area contributed by atoms with Gasteiger partial charge in [0.15, 0.2) is 0 Å². The van der Waals surface area contributed by atoms with Crippen molar-refractivity contribution < 1.29 is 9.59 Å². The van der Waals surface area contributed by atoms with Crippen molar-refractivity contribution in [1.29, 1.82) is 0 Å². The van der Waals surface area contributed by atoms with Crippen molar-refractivity contribution in [2.75, 3.05) is 33.2 Å². The minimum absolute atomic E-state index is 0. The van der Waals surface area contributed by atoms with Gasteiger partial charge >= 0.3 is 0 Å². The number of amides is 2. The number of carbonyl (C=O) groups excluding carboxylic acids is 2. The molecule has 2 amide bonds. The Morgan fingerprint density at radius 2 is 1.75 bits per heavy atom. The molecule has 1 fully saturated rings. The highest BCUT2D eigenvalue weighted by Gasteiger charge is 2.35. The van der Waals surface area contributed by atoms with Gasteiger partial charge in [0.2, 0.25) is 0 Å². The molecule has 0 saturated carbocycles. The molecule has 0 bridgehead atoms. The van der Waals surface area contributed by atoms with Crippen LogP contribution >= 0.6 is 12.4 Å². The number of nitrogens with one attached hydrogen (secondary N) is 1. The van der Waals surface area contributed by atoms with Crippen LogP contribution in [0.15, 0.2) is 24.3 Å². The van der Waals surface area contributed by atoms with Gasteiger partial charge in [-0.3, -0.25) is 19.4 Å². The van der Waals surface area contributed by atoms with E-state index in [0.29, 0.717) is 23.7 Å². The van der Waals surface area contributed by atoms with Crippen molar-refractivity contribution in [1.82, 2.24) is 15.1 Å². The number of halogens is 1. The summed E-state index contributed by atoms with van der Waals surface area (Å²) in [5.41, 5.74) is 1.06. The Morgan fingerprint density at radius 1 is 1.20 bits per heavy atom. The summed E-state index contributed by atoms with van der Waals surface area (Å²) >= 11 is 0. The van der Waals surface area contributed by atoms with Crippen molar-refractivity contribution in [2.24, 2.45) is 0 Å². The molecule has 5 nitrogen and oxygen atoms in total. The smallest absolute Gasteiger partial charge is 0.261 e. The maximum absolute atomic E-state index is 12.1. The lowest BCUT2D eigenvalue weighted by molar-refractivity contribution is 0.0624. The first kappa shape index (κ1) is 15.0. The van der Waals surface area contributed by atoms with Gasteiger partial charge in [-0.1, -0.05) is 12.1 Å². The number of rotatable bonds is 4. The van der Waals surface area contributed by atoms with Gasteiger partial charge in [-0.05, 0) is 19.2 Å². The number of hydrogen-bond acceptors (Lipinski definition) is 4. The molecule has 0 radical (unpaired) electrons. The van der Waals surface area contributed by atoms with E-state index < -0.39 is 0 Å². The average Bonchev–Trinajstić information content (AvgIpc) is 2.59. The van der Waals surface area contributed by atoms with Crippen LogP contribution in [0.1, 0.15) is 20.7 Å². The Bertz CT molecular complexity index is 496. The molecule has 0 aromatic heterocycles. The molecule has 2 aliphatic heterocycles. The van der Waals surface area contributed by atoms with E-state index in [1.165, 1.54) is 4.90 Å². The fourth-order valence-corrected chi connectivity index (χ4v) is 2.47. The van der Waals surface area contributed by atoms with E-state index in [0.717, 1.165) is 19.6 Å². The second kappa shape index (κ2) is 5.91. The van der Waals surface area contributed by atoms with Crippen molar-refractivity contribution in [2.45, 2.75) is 6.04 Å². The molecule has 20 heavy (non-hydrogen) atoms. The van der Waals surface area contributed by atoms with Crippen LogP contribution in [0.5, 0.6) is 0 Å². The lowest BCUT2D eigenvalue weighted by atomic mass is 10.1. The van der Waals surface area contributed by atoms with Crippen molar-refractivity contribution in [3.63, 3.8) is 0 Å². The normalized spacial score (nSPS) is 18.0. The Morgan fingerprint density at radius 3 is 2.20 bits per heavy atom. The van der Waals surface area contributed by atoms with Gasteiger partial charge in [-0.15, -0.1) is 12.4 Å². The number of imide groups is 1. The molecule has 2 heterocycles. The van der Waals surface area contributed by atoms with Crippen LogP contribution in [0, 0.1) is 0 Å². The van der Waals surface area contributed by atoms with Gasteiger partial charge < -0.3 is 5.32 Å². The highest BCUT2D eigenvalue weighted by atomic mass is 35.5. The molecule has 3 rings (SSSR count). The van der Waals surface area contributed by atoms with E-state index in [1.807, 2.05) is 7.05 Å². The van der Waals surface area contributed by atoms with Crippen LogP contribution in [-0.4, -0.2) is 60.9 Å². The van der Waals surface area contributed by atoms with Crippen LogP contribution in [-0.2, 0) is 0 Å². The lowest BCUT2D eigenvalue weighted by Gasteiger charge is -2.36. The summed E-state index contributed by atoms with van der Waals surface area (Å²) in [7, 11) is 2.03. The molecule has 0 spiro atoms. The van der Waals surface area contributed by atoms with Crippen LogP contribution < -0.4 is 5.32 Å². The first-order valence-electron chi connectivity index (χ1n) is 6.54. The minimum Gasteiger partial charge on any atom is -0.314 e. The van der Waals surface area contributed by atoms with Crippen LogP contribution in [0.4, 0.5) is 0 Å². The van der Waals surface area contributed by atoms with Gasteiger partial charge in [0.1, 0.15) is 0 Å². The third kappa shape index (κ3) is 2.44. The Kier molecular flexibility index (Phi) is 4.42. The third-order valence-corrected chi connectivity index (χ3v) is 3.94. The van der Waals surface area contributed by atoms with E-state index in [2.05, 4.69) is 10.2 Å². The fraction of sp³-hybridized carbons (Fsp3) is 0.429. The molecule has 6 heteroatoms. The Labute approximate surface area is 124 Å². The number of carbonyl (C=O) groups is 2. The first-order valence-corrected chi connectivity index (χ1v) is 6.54. The maximum Gasteiger partial charge on any atom is 0.261 e. The molecule has 1 saturated heterocycles. The standard InChI is InChI=1S/C14H17N3O2.ClH/c1-16(10-8-15-9-10)6-7-17-13(18)11-4-2-3-5-12(11)14(17)19;/h2-5,10,15H,6-9H2,1H3;1H. The number of nitrogens with zero attached hydrogens (tertiary/aromatic N) is 2. The van der Waals surface area contributed by atoms with E-state index in [4.69, 9.17) is 0 Å². The van der Waals surface area contributed by atoms with E-state index in [1.54, 1.807) is 24.3 Å². The summed E-state index contributed by atoms with van der Waals surface area (Å²) in [6.45, 7) is 3.15. The lowest BCUT2D eigenvalue weighted by Crippen LogP contribution is -2.57. The van der Waals surface area contributed by atoms with Crippen LogP contribution in [0.2, 0.25) is 0 Å². The quantitative estimate of drug-likeness (QED) is 0.827. The zero-order valence-corrected chi connectivity index (χ0v) is 12.2. The monoisotopic (exact) mass is 295 g/mol. The zero-order valence-electron chi connectivity index (χ0n) is 11.3. The van der Waals surface area contributed by atoms with Gasteiger partial charge in [0.05, 0.1) is 11.1 Å². The molecule has 1 aromatic carbocycles. The number of fused-ring (bicyclic) bond motifs is 1. The zero-order chi connectivity index (χ0) is 13.4. The largest absolute Gasteiger partial charge is 0.314 e. The highest BCUT2D eigenvalue weighted by molar-refractivity contribution is 6.21. The van der Waals surface area contributed by atoms with Gasteiger partial charge in [0, 0.05) is 32.2 Å². The van der Waals surface area contributed by atoms with Crippen LogP contribution in [0.25, 0.3) is 0 Å². The topological polar surface area (TPSA) is 52.7 Å². The maximum atomic E-state index is 12.1. The fourth-order valence-electron chi connectivity index (χ4n) is 2.47.